The van der Waals surface area contributed by atoms with E-state index in [0.717, 1.165) is 0 Å². The quantitative estimate of drug-likeness (QED) is 0.877. The number of ether oxygens (including phenoxy) is 1. The molecule has 1 aromatic heterocycles. The maximum Gasteiger partial charge on any atom is 0.410 e. The highest BCUT2D eigenvalue weighted by Crippen LogP contribution is 2.30. The van der Waals surface area contributed by atoms with E-state index >= 15 is 0 Å². The molecule has 1 aromatic rings. The Morgan fingerprint density at radius 1 is 1.29 bits per heavy atom. The Kier molecular flexibility index (Phi) is 3.89. The first-order valence-electron chi connectivity index (χ1n) is 6.81. The van der Waals surface area contributed by atoms with Crippen molar-refractivity contribution in [2.45, 2.75) is 44.8 Å². The summed E-state index contributed by atoms with van der Waals surface area (Å²) >= 11 is 0. The number of piperidine rings is 1. The SMILES string of the molecule is CC(C)(C)OC(=O)N1CCC(C(=O)O)(n2cncn2)CC1. The Balaban J connectivity index is 2.08. The lowest BCUT2D eigenvalue weighted by Gasteiger charge is -2.38. The van der Waals surface area contributed by atoms with E-state index in [2.05, 4.69) is 10.1 Å². The first kappa shape index (κ1) is 15.3. The van der Waals surface area contributed by atoms with Crippen LogP contribution < -0.4 is 0 Å². The van der Waals surface area contributed by atoms with Crippen LogP contribution in [0.3, 0.4) is 0 Å². The monoisotopic (exact) mass is 296 g/mol. The highest BCUT2D eigenvalue weighted by atomic mass is 16.6. The molecule has 0 saturated carbocycles. The zero-order chi connectivity index (χ0) is 15.7. The summed E-state index contributed by atoms with van der Waals surface area (Å²) in [4.78, 5) is 29.0. The third-order valence-electron chi connectivity index (χ3n) is 3.50. The van der Waals surface area contributed by atoms with Gasteiger partial charge in [-0.05, 0) is 20.8 Å². The van der Waals surface area contributed by atoms with E-state index < -0.39 is 23.2 Å². The minimum atomic E-state index is -1.14. The van der Waals surface area contributed by atoms with E-state index in [9.17, 15) is 14.7 Å². The topological polar surface area (TPSA) is 97.6 Å². The molecule has 2 rings (SSSR count). The highest BCUT2D eigenvalue weighted by Gasteiger charge is 2.45. The Labute approximate surface area is 122 Å². The fourth-order valence-corrected chi connectivity index (χ4v) is 2.36. The number of carbonyl (C=O) groups is 2. The second-order valence-corrected chi connectivity index (χ2v) is 6.14. The van der Waals surface area contributed by atoms with Gasteiger partial charge < -0.3 is 14.7 Å². The molecule has 8 nitrogen and oxygen atoms in total. The van der Waals surface area contributed by atoms with Crippen molar-refractivity contribution in [3.8, 4) is 0 Å². The van der Waals surface area contributed by atoms with Crippen molar-refractivity contribution >= 4 is 12.1 Å². The largest absolute Gasteiger partial charge is 0.479 e. The number of hydrogen-bond acceptors (Lipinski definition) is 5. The summed E-state index contributed by atoms with van der Waals surface area (Å²) in [7, 11) is 0. The molecule has 0 unspecified atom stereocenters. The lowest BCUT2D eigenvalue weighted by molar-refractivity contribution is -0.151. The third kappa shape index (κ3) is 3.14. The summed E-state index contributed by atoms with van der Waals surface area (Å²) in [6, 6.07) is 0. The molecule has 1 aliphatic heterocycles. The van der Waals surface area contributed by atoms with Crippen LogP contribution >= 0.6 is 0 Å². The molecule has 0 atom stereocenters. The molecule has 0 radical (unpaired) electrons. The number of carboxylic acid groups (broad SMARTS) is 1. The molecule has 2 heterocycles. The number of carboxylic acids is 1. The van der Waals surface area contributed by atoms with Crippen LogP contribution in [0.5, 0.6) is 0 Å². The number of aromatic nitrogens is 3. The molecule has 8 heteroatoms. The average molecular weight is 296 g/mol. The first-order valence-corrected chi connectivity index (χ1v) is 6.81. The average Bonchev–Trinajstić information content (AvgIpc) is 2.90. The van der Waals surface area contributed by atoms with Gasteiger partial charge in [0.2, 0.25) is 0 Å². The smallest absolute Gasteiger partial charge is 0.410 e. The molecule has 0 bridgehead atoms. The van der Waals surface area contributed by atoms with Gasteiger partial charge in [-0.15, -0.1) is 0 Å². The van der Waals surface area contributed by atoms with Gasteiger partial charge in [0.15, 0.2) is 5.54 Å². The molecule has 1 saturated heterocycles. The zero-order valence-electron chi connectivity index (χ0n) is 12.4. The van der Waals surface area contributed by atoms with Crippen LogP contribution in [0.25, 0.3) is 0 Å². The second kappa shape index (κ2) is 5.34. The van der Waals surface area contributed by atoms with Crippen molar-refractivity contribution in [1.29, 1.82) is 0 Å². The predicted molar refractivity (Wildman–Crippen MR) is 72.7 cm³/mol. The number of carbonyl (C=O) groups excluding carboxylic acids is 1. The van der Waals surface area contributed by atoms with Crippen molar-refractivity contribution < 1.29 is 19.4 Å². The Hall–Kier alpha value is -2.12. The molecule has 1 fully saturated rings. The van der Waals surface area contributed by atoms with Crippen molar-refractivity contribution in [2.24, 2.45) is 0 Å². The molecule has 116 valence electrons. The molecule has 0 aromatic carbocycles. The van der Waals surface area contributed by atoms with Gasteiger partial charge >= 0.3 is 12.1 Å². The second-order valence-electron chi connectivity index (χ2n) is 6.14. The number of aliphatic carboxylic acids is 1. The Bertz CT molecular complexity index is 513. The van der Waals surface area contributed by atoms with E-state index in [1.165, 1.54) is 22.2 Å². The summed E-state index contributed by atoms with van der Waals surface area (Å²) < 4.78 is 6.66. The van der Waals surface area contributed by atoms with Crippen LogP contribution in [0, 0.1) is 0 Å². The fraction of sp³-hybridized carbons (Fsp3) is 0.692. The van der Waals surface area contributed by atoms with Gasteiger partial charge in [0.1, 0.15) is 18.3 Å². The minimum absolute atomic E-state index is 0.269. The molecule has 0 aliphatic carbocycles. The van der Waals surface area contributed by atoms with Crippen molar-refractivity contribution in [3.63, 3.8) is 0 Å². The lowest BCUT2D eigenvalue weighted by Crippen LogP contribution is -2.53. The summed E-state index contributed by atoms with van der Waals surface area (Å²) in [5, 5.41) is 13.5. The Morgan fingerprint density at radius 3 is 2.33 bits per heavy atom. The summed E-state index contributed by atoms with van der Waals surface area (Å²) in [6.07, 6.45) is 2.83. The number of hydrogen-bond donors (Lipinski definition) is 1. The molecule has 1 amide bonds. The normalized spacial score (nSPS) is 18.3. The third-order valence-corrected chi connectivity index (χ3v) is 3.50. The first-order chi connectivity index (χ1) is 9.74. The highest BCUT2D eigenvalue weighted by molar-refractivity contribution is 5.77. The summed E-state index contributed by atoms with van der Waals surface area (Å²) in [5.41, 5.74) is -1.71. The molecular weight excluding hydrogens is 276 g/mol. The van der Waals surface area contributed by atoms with Gasteiger partial charge in [0, 0.05) is 25.9 Å². The molecule has 21 heavy (non-hydrogen) atoms. The summed E-state index contributed by atoms with van der Waals surface area (Å²) in [6.45, 7) is 6.01. The Morgan fingerprint density at radius 2 is 1.90 bits per heavy atom. The van der Waals surface area contributed by atoms with Gasteiger partial charge in [0.25, 0.3) is 0 Å². The number of amides is 1. The number of likely N-dealkylation sites (tertiary alicyclic amines) is 1. The molecule has 1 N–H and O–H groups in total. The van der Waals surface area contributed by atoms with Gasteiger partial charge in [-0.2, -0.15) is 5.10 Å². The standard InChI is InChI=1S/C13H20N4O4/c1-12(2,3)21-11(20)16-6-4-13(5-7-16,10(18)19)17-9-14-8-15-17/h8-9H,4-7H2,1-3H3,(H,18,19). The number of nitrogens with zero attached hydrogens (tertiary/aromatic N) is 4. The van der Waals surface area contributed by atoms with Crippen LogP contribution in [0.15, 0.2) is 12.7 Å². The van der Waals surface area contributed by atoms with Crippen LogP contribution in [0.2, 0.25) is 0 Å². The van der Waals surface area contributed by atoms with Gasteiger partial charge in [-0.25, -0.2) is 19.3 Å². The van der Waals surface area contributed by atoms with E-state index in [1.54, 1.807) is 20.8 Å². The predicted octanol–water partition coefficient (Wildman–Crippen LogP) is 1.09. The van der Waals surface area contributed by atoms with Gasteiger partial charge in [-0.3, -0.25) is 0 Å². The summed E-state index contributed by atoms with van der Waals surface area (Å²) in [5.74, 6) is -0.961. The van der Waals surface area contributed by atoms with Crippen LogP contribution in [0.1, 0.15) is 33.6 Å². The fourth-order valence-electron chi connectivity index (χ4n) is 2.36. The van der Waals surface area contributed by atoms with Crippen LogP contribution in [-0.4, -0.2) is 55.5 Å². The van der Waals surface area contributed by atoms with Crippen LogP contribution in [-0.2, 0) is 15.1 Å². The maximum absolute atomic E-state index is 12.0. The molecule has 1 aliphatic rings. The van der Waals surface area contributed by atoms with E-state index in [0.29, 0.717) is 13.1 Å². The maximum atomic E-state index is 12.0. The van der Waals surface area contributed by atoms with Crippen molar-refractivity contribution in [3.05, 3.63) is 12.7 Å². The van der Waals surface area contributed by atoms with Crippen LogP contribution in [0.4, 0.5) is 4.79 Å². The van der Waals surface area contributed by atoms with Gasteiger partial charge in [-0.1, -0.05) is 0 Å². The van der Waals surface area contributed by atoms with Gasteiger partial charge in [0.05, 0.1) is 0 Å². The van der Waals surface area contributed by atoms with Crippen molar-refractivity contribution in [2.75, 3.05) is 13.1 Å². The van der Waals surface area contributed by atoms with E-state index in [4.69, 9.17) is 4.74 Å². The van der Waals surface area contributed by atoms with E-state index in [1.807, 2.05) is 0 Å². The molecular formula is C13H20N4O4. The zero-order valence-corrected chi connectivity index (χ0v) is 12.4. The molecule has 0 spiro atoms. The number of rotatable bonds is 2. The van der Waals surface area contributed by atoms with Crippen molar-refractivity contribution in [1.82, 2.24) is 19.7 Å². The van der Waals surface area contributed by atoms with E-state index in [-0.39, 0.29) is 12.8 Å². The minimum Gasteiger partial charge on any atom is -0.479 e. The lowest BCUT2D eigenvalue weighted by atomic mass is 9.88.